The second-order valence-corrected chi connectivity index (χ2v) is 4.54. The summed E-state index contributed by atoms with van der Waals surface area (Å²) < 4.78 is 5.65. The first kappa shape index (κ1) is 13.1. The Hall–Kier alpha value is -2.38. The van der Waals surface area contributed by atoms with Crippen molar-refractivity contribution in [3.05, 3.63) is 53.3 Å². The molecule has 0 amide bonds. The van der Waals surface area contributed by atoms with Gasteiger partial charge in [-0.3, -0.25) is 0 Å². The van der Waals surface area contributed by atoms with Crippen LogP contribution in [-0.4, -0.2) is 4.99 Å². The lowest BCUT2D eigenvalue weighted by molar-refractivity contribution is 0.571. The fourth-order valence-electron chi connectivity index (χ4n) is 1.60. The minimum Gasteiger partial charge on any atom is -0.457 e. The molecule has 0 saturated heterocycles. The van der Waals surface area contributed by atoms with Crippen molar-refractivity contribution >= 4 is 23.3 Å². The third-order valence-electron chi connectivity index (χ3n) is 2.64. The van der Waals surface area contributed by atoms with Crippen LogP contribution in [0.2, 0.25) is 0 Å². The van der Waals surface area contributed by atoms with E-state index in [4.69, 9.17) is 27.6 Å². The summed E-state index contributed by atoms with van der Waals surface area (Å²) in [6.45, 7) is 2.03. The highest BCUT2D eigenvalue weighted by Gasteiger charge is 2.05. The number of nitriles is 1. The SMILES string of the molecule is Cc1ccc(-c2ccc(C=C(C#N)C(N)=S)o2)cc1. The van der Waals surface area contributed by atoms with Gasteiger partial charge < -0.3 is 10.2 Å². The molecular formula is C15H12N2OS. The normalized spacial score (nSPS) is 11.1. The van der Waals surface area contributed by atoms with Crippen molar-refractivity contribution in [3.8, 4) is 17.4 Å². The summed E-state index contributed by atoms with van der Waals surface area (Å²) in [7, 11) is 0. The van der Waals surface area contributed by atoms with Gasteiger partial charge in [-0.05, 0) is 19.1 Å². The average Bonchev–Trinajstić information content (AvgIpc) is 2.85. The summed E-state index contributed by atoms with van der Waals surface area (Å²) in [5.41, 5.74) is 7.84. The Kier molecular flexibility index (Phi) is 3.79. The Morgan fingerprint density at radius 2 is 1.95 bits per heavy atom. The van der Waals surface area contributed by atoms with Crippen LogP contribution in [0.25, 0.3) is 17.4 Å². The van der Waals surface area contributed by atoms with E-state index in [1.54, 1.807) is 12.1 Å². The number of aryl methyl sites for hydroxylation is 1. The van der Waals surface area contributed by atoms with Gasteiger partial charge in [0.1, 0.15) is 22.6 Å². The van der Waals surface area contributed by atoms with E-state index < -0.39 is 0 Å². The highest BCUT2D eigenvalue weighted by Crippen LogP contribution is 2.23. The van der Waals surface area contributed by atoms with E-state index in [1.807, 2.05) is 43.3 Å². The van der Waals surface area contributed by atoms with E-state index in [2.05, 4.69) is 0 Å². The molecule has 2 rings (SSSR count). The van der Waals surface area contributed by atoms with Gasteiger partial charge in [-0.2, -0.15) is 5.26 Å². The Labute approximate surface area is 117 Å². The van der Waals surface area contributed by atoms with Crippen molar-refractivity contribution in [1.29, 1.82) is 5.26 Å². The molecule has 19 heavy (non-hydrogen) atoms. The van der Waals surface area contributed by atoms with Gasteiger partial charge in [0.05, 0.1) is 5.57 Å². The molecule has 1 heterocycles. The van der Waals surface area contributed by atoms with Crippen molar-refractivity contribution in [2.45, 2.75) is 6.92 Å². The summed E-state index contributed by atoms with van der Waals surface area (Å²) in [6.07, 6.45) is 1.54. The van der Waals surface area contributed by atoms with Gasteiger partial charge in [-0.15, -0.1) is 0 Å². The second-order valence-electron chi connectivity index (χ2n) is 4.10. The van der Waals surface area contributed by atoms with Crippen LogP contribution < -0.4 is 5.73 Å². The van der Waals surface area contributed by atoms with Crippen LogP contribution in [0.15, 0.2) is 46.4 Å². The third kappa shape index (κ3) is 3.09. The molecule has 0 spiro atoms. The Morgan fingerprint density at radius 1 is 1.26 bits per heavy atom. The van der Waals surface area contributed by atoms with Gasteiger partial charge in [0, 0.05) is 11.6 Å². The molecule has 4 heteroatoms. The standard InChI is InChI=1S/C15H12N2OS/c1-10-2-4-11(5-3-10)14-7-6-13(18-14)8-12(9-16)15(17)19/h2-8H,1H3,(H2,17,19). The zero-order chi connectivity index (χ0) is 13.8. The zero-order valence-corrected chi connectivity index (χ0v) is 11.2. The van der Waals surface area contributed by atoms with Crippen LogP contribution in [0.3, 0.4) is 0 Å². The summed E-state index contributed by atoms with van der Waals surface area (Å²) in [4.78, 5) is 0.0655. The Morgan fingerprint density at radius 3 is 2.53 bits per heavy atom. The molecule has 1 aromatic carbocycles. The molecule has 3 nitrogen and oxygen atoms in total. The van der Waals surface area contributed by atoms with Crippen LogP contribution in [0.1, 0.15) is 11.3 Å². The lowest BCUT2D eigenvalue weighted by atomic mass is 10.1. The van der Waals surface area contributed by atoms with Gasteiger partial charge in [0.25, 0.3) is 0 Å². The van der Waals surface area contributed by atoms with Gasteiger partial charge >= 0.3 is 0 Å². The van der Waals surface area contributed by atoms with E-state index in [0.717, 1.165) is 11.3 Å². The molecule has 94 valence electrons. The van der Waals surface area contributed by atoms with Crippen molar-refractivity contribution in [1.82, 2.24) is 0 Å². The number of nitrogens with two attached hydrogens (primary N) is 1. The molecule has 0 atom stereocenters. The number of nitrogens with zero attached hydrogens (tertiary/aromatic N) is 1. The second kappa shape index (κ2) is 5.51. The molecule has 1 aromatic heterocycles. The van der Waals surface area contributed by atoms with Crippen LogP contribution in [-0.2, 0) is 0 Å². The minimum absolute atomic E-state index is 0.0655. The van der Waals surface area contributed by atoms with Crippen molar-refractivity contribution in [2.75, 3.05) is 0 Å². The fraction of sp³-hybridized carbons (Fsp3) is 0.0667. The molecule has 0 aliphatic rings. The molecule has 0 aliphatic carbocycles. The number of benzene rings is 1. The number of thiocarbonyl (C=S) groups is 1. The Bertz CT molecular complexity index is 675. The van der Waals surface area contributed by atoms with Gasteiger partial charge in [0.2, 0.25) is 0 Å². The summed E-state index contributed by atoms with van der Waals surface area (Å²) >= 11 is 4.78. The fourth-order valence-corrected chi connectivity index (χ4v) is 1.71. The van der Waals surface area contributed by atoms with Crippen molar-refractivity contribution in [3.63, 3.8) is 0 Å². The molecule has 0 fully saturated rings. The van der Waals surface area contributed by atoms with Crippen molar-refractivity contribution in [2.24, 2.45) is 5.73 Å². The van der Waals surface area contributed by atoms with Crippen molar-refractivity contribution < 1.29 is 4.42 Å². The molecule has 0 radical (unpaired) electrons. The molecule has 2 N–H and O–H groups in total. The molecule has 2 aromatic rings. The lowest BCUT2D eigenvalue weighted by Gasteiger charge is -1.97. The topological polar surface area (TPSA) is 63.0 Å². The number of hydrogen-bond donors (Lipinski definition) is 1. The third-order valence-corrected chi connectivity index (χ3v) is 2.86. The van der Waals surface area contributed by atoms with E-state index in [9.17, 15) is 0 Å². The number of rotatable bonds is 3. The molecule has 0 unspecified atom stereocenters. The van der Waals surface area contributed by atoms with Crippen LogP contribution in [0, 0.1) is 18.3 Å². The highest BCUT2D eigenvalue weighted by molar-refractivity contribution is 7.80. The van der Waals surface area contributed by atoms with E-state index in [0.29, 0.717) is 5.76 Å². The predicted octanol–water partition coefficient (Wildman–Crippen LogP) is 3.45. The minimum atomic E-state index is 0.0655. The van der Waals surface area contributed by atoms with E-state index in [1.165, 1.54) is 5.56 Å². The number of hydrogen-bond acceptors (Lipinski definition) is 3. The maximum Gasteiger partial charge on any atom is 0.134 e. The quantitative estimate of drug-likeness (QED) is 0.526. The molecule has 0 saturated carbocycles. The van der Waals surface area contributed by atoms with E-state index in [-0.39, 0.29) is 10.6 Å². The summed E-state index contributed by atoms with van der Waals surface area (Å²) in [5.74, 6) is 1.30. The largest absolute Gasteiger partial charge is 0.457 e. The Balaban J connectivity index is 2.32. The monoisotopic (exact) mass is 268 g/mol. The first-order chi connectivity index (χ1) is 9.10. The van der Waals surface area contributed by atoms with E-state index >= 15 is 0 Å². The smallest absolute Gasteiger partial charge is 0.134 e. The first-order valence-electron chi connectivity index (χ1n) is 5.68. The zero-order valence-electron chi connectivity index (χ0n) is 10.4. The molecular weight excluding hydrogens is 256 g/mol. The maximum atomic E-state index is 8.88. The number of furan rings is 1. The highest BCUT2D eigenvalue weighted by atomic mass is 32.1. The summed E-state index contributed by atoms with van der Waals surface area (Å²) in [5, 5.41) is 8.88. The maximum absolute atomic E-state index is 8.88. The van der Waals surface area contributed by atoms with Gasteiger partial charge in [0.15, 0.2) is 0 Å². The van der Waals surface area contributed by atoms with Crippen LogP contribution in [0.5, 0.6) is 0 Å². The lowest BCUT2D eigenvalue weighted by Crippen LogP contribution is -2.09. The predicted molar refractivity (Wildman–Crippen MR) is 79.3 cm³/mol. The molecule has 0 bridgehead atoms. The first-order valence-corrected chi connectivity index (χ1v) is 6.09. The molecule has 0 aliphatic heterocycles. The average molecular weight is 268 g/mol. The van der Waals surface area contributed by atoms with Gasteiger partial charge in [-0.1, -0.05) is 42.0 Å². The van der Waals surface area contributed by atoms with Crippen LogP contribution in [0.4, 0.5) is 0 Å². The van der Waals surface area contributed by atoms with Crippen LogP contribution >= 0.6 is 12.2 Å². The van der Waals surface area contributed by atoms with Gasteiger partial charge in [-0.25, -0.2) is 0 Å². The summed E-state index contributed by atoms with van der Waals surface area (Å²) in [6, 6.07) is 13.6.